The maximum atomic E-state index is 12.0. The zero-order valence-electron chi connectivity index (χ0n) is 14.8. The summed E-state index contributed by atoms with van der Waals surface area (Å²) in [5.41, 5.74) is 2.51. The Labute approximate surface area is 142 Å². The first-order valence-corrected chi connectivity index (χ1v) is 9.69. The van der Waals surface area contributed by atoms with Gasteiger partial charge in [-0.1, -0.05) is 20.8 Å². The number of carbonyl (C=O) groups excluding carboxylic acids is 1. The van der Waals surface area contributed by atoms with Crippen molar-refractivity contribution in [3.8, 4) is 0 Å². The van der Waals surface area contributed by atoms with Crippen LogP contribution >= 0.6 is 0 Å². The number of rotatable bonds is 1. The van der Waals surface area contributed by atoms with E-state index < -0.39 is 0 Å². The van der Waals surface area contributed by atoms with Crippen molar-refractivity contribution in [3.05, 3.63) is 11.1 Å². The molecule has 3 aliphatic carbocycles. The SMILES string of the molecule is CC(C)[C@]12C[C@@H]3CC[C@H]4C5=C(CC[C@]4(C)[C@@]34O[C@H]4[C@H]1O2)C(=O)OC5. The predicted octanol–water partition coefficient (Wildman–Crippen LogP) is 3.00. The van der Waals surface area contributed by atoms with Crippen LogP contribution in [0.2, 0.25) is 0 Å². The molecule has 1 spiro atoms. The third-order valence-electron chi connectivity index (χ3n) is 8.66. The molecule has 3 aliphatic heterocycles. The van der Waals surface area contributed by atoms with Crippen LogP contribution in [0.3, 0.4) is 0 Å². The Morgan fingerprint density at radius 3 is 2.79 bits per heavy atom. The van der Waals surface area contributed by atoms with Gasteiger partial charge in [-0.2, -0.15) is 0 Å². The number of hydrogen-bond acceptors (Lipinski definition) is 4. The van der Waals surface area contributed by atoms with Crippen LogP contribution in [0.1, 0.15) is 52.9 Å². The van der Waals surface area contributed by atoms with E-state index in [2.05, 4.69) is 20.8 Å². The van der Waals surface area contributed by atoms with Crippen LogP contribution in [0.25, 0.3) is 0 Å². The molecule has 3 heterocycles. The molecule has 7 atom stereocenters. The summed E-state index contributed by atoms with van der Waals surface area (Å²) >= 11 is 0. The second-order valence-electron chi connectivity index (χ2n) is 9.51. The molecule has 0 aromatic rings. The van der Waals surface area contributed by atoms with E-state index >= 15 is 0 Å². The minimum absolute atomic E-state index is 0.000356. The van der Waals surface area contributed by atoms with Crippen LogP contribution in [0.15, 0.2) is 11.1 Å². The van der Waals surface area contributed by atoms with Crippen LogP contribution in [-0.4, -0.2) is 36.0 Å². The number of carbonyl (C=O) groups is 1. The van der Waals surface area contributed by atoms with Gasteiger partial charge in [0, 0.05) is 11.0 Å². The van der Waals surface area contributed by atoms with E-state index in [1.54, 1.807) is 0 Å². The smallest absolute Gasteiger partial charge is 0.334 e. The molecule has 0 bridgehead atoms. The fraction of sp³-hybridized carbons (Fsp3) is 0.850. The average molecular weight is 330 g/mol. The quantitative estimate of drug-likeness (QED) is 0.548. The minimum atomic E-state index is -0.0621. The van der Waals surface area contributed by atoms with E-state index in [1.165, 1.54) is 18.4 Å². The van der Waals surface area contributed by atoms with Gasteiger partial charge in [-0.15, -0.1) is 0 Å². The molecule has 0 aromatic heterocycles. The van der Waals surface area contributed by atoms with Gasteiger partial charge in [0.15, 0.2) is 0 Å². The van der Waals surface area contributed by atoms with Gasteiger partial charge in [-0.05, 0) is 55.4 Å². The molecular formula is C20H26O4. The molecule has 130 valence electrons. The highest BCUT2D eigenvalue weighted by atomic mass is 16.7. The van der Waals surface area contributed by atoms with Crippen LogP contribution in [-0.2, 0) is 19.0 Å². The monoisotopic (exact) mass is 330 g/mol. The number of epoxide rings is 2. The highest BCUT2D eigenvalue weighted by Gasteiger charge is 2.86. The van der Waals surface area contributed by atoms with Gasteiger partial charge in [0.1, 0.15) is 30.0 Å². The van der Waals surface area contributed by atoms with E-state index in [4.69, 9.17) is 14.2 Å². The number of hydrogen-bond donors (Lipinski definition) is 0. The summed E-state index contributed by atoms with van der Waals surface area (Å²) < 4.78 is 18.2. The van der Waals surface area contributed by atoms with Crippen molar-refractivity contribution < 1.29 is 19.0 Å². The fourth-order valence-corrected chi connectivity index (χ4v) is 7.25. The van der Waals surface area contributed by atoms with Gasteiger partial charge in [0.2, 0.25) is 0 Å². The van der Waals surface area contributed by atoms with Crippen molar-refractivity contribution in [3.63, 3.8) is 0 Å². The molecule has 0 N–H and O–H groups in total. The second-order valence-corrected chi connectivity index (χ2v) is 9.51. The average Bonchev–Trinajstić information content (AvgIpc) is 3.40. The summed E-state index contributed by atoms with van der Waals surface area (Å²) in [6.07, 6.45) is 6.05. The molecule has 4 nitrogen and oxygen atoms in total. The second kappa shape index (κ2) is 3.93. The van der Waals surface area contributed by atoms with Crippen molar-refractivity contribution in [2.45, 2.75) is 76.3 Å². The Kier molecular flexibility index (Phi) is 2.35. The Hall–Kier alpha value is -0.870. The minimum Gasteiger partial charge on any atom is -0.458 e. The van der Waals surface area contributed by atoms with Gasteiger partial charge < -0.3 is 14.2 Å². The van der Waals surface area contributed by atoms with E-state index in [1.807, 2.05) is 0 Å². The fourth-order valence-electron chi connectivity index (χ4n) is 7.25. The topological polar surface area (TPSA) is 51.4 Å². The number of esters is 1. The molecule has 0 radical (unpaired) electrons. The van der Waals surface area contributed by atoms with Crippen LogP contribution in [0, 0.1) is 23.2 Å². The van der Waals surface area contributed by atoms with Crippen LogP contribution in [0.4, 0.5) is 0 Å². The lowest BCUT2D eigenvalue weighted by molar-refractivity contribution is -0.136. The Bertz CT molecular complexity index is 696. The van der Waals surface area contributed by atoms with Crippen molar-refractivity contribution >= 4 is 5.97 Å². The van der Waals surface area contributed by atoms with Gasteiger partial charge in [0.25, 0.3) is 0 Å². The first-order chi connectivity index (χ1) is 11.4. The highest BCUT2D eigenvalue weighted by molar-refractivity contribution is 5.92. The highest BCUT2D eigenvalue weighted by Crippen LogP contribution is 2.76. The van der Waals surface area contributed by atoms with Crippen molar-refractivity contribution in [1.82, 2.24) is 0 Å². The molecule has 0 amide bonds. The lowest BCUT2D eigenvalue weighted by Gasteiger charge is -2.54. The summed E-state index contributed by atoms with van der Waals surface area (Å²) in [5.74, 6) is 1.58. The van der Waals surface area contributed by atoms with Gasteiger partial charge in [-0.25, -0.2) is 4.79 Å². The summed E-state index contributed by atoms with van der Waals surface area (Å²) in [6, 6.07) is 0. The van der Waals surface area contributed by atoms with Crippen LogP contribution < -0.4 is 0 Å². The summed E-state index contributed by atoms with van der Waals surface area (Å²) in [4.78, 5) is 12.0. The standard InChI is InChI=1S/C20H26O4/c1-10(2)19-8-11-4-5-14-13-9-22-17(21)12(13)6-7-18(14,3)20(11)16(24-20)15(19)23-19/h10-11,14-16H,4-9H2,1-3H3/t11-,14-,15+,16-,18-,19+,20+/m0/s1. The Morgan fingerprint density at radius 1 is 1.17 bits per heavy atom. The van der Waals surface area contributed by atoms with E-state index in [0.717, 1.165) is 24.8 Å². The summed E-state index contributed by atoms with van der Waals surface area (Å²) in [5, 5.41) is 0. The Balaban J connectivity index is 1.41. The molecule has 6 rings (SSSR count). The predicted molar refractivity (Wildman–Crippen MR) is 86.2 cm³/mol. The largest absolute Gasteiger partial charge is 0.458 e. The summed E-state index contributed by atoms with van der Waals surface area (Å²) in [6.45, 7) is 7.54. The van der Waals surface area contributed by atoms with Crippen LogP contribution in [0.5, 0.6) is 0 Å². The lowest BCUT2D eigenvalue weighted by atomic mass is 9.47. The Morgan fingerprint density at radius 2 is 2.00 bits per heavy atom. The molecule has 6 aliphatic rings. The number of fused-ring (bicyclic) bond motifs is 4. The molecule has 0 aromatic carbocycles. The molecule has 4 fully saturated rings. The lowest BCUT2D eigenvalue weighted by Crippen LogP contribution is -2.57. The number of cyclic esters (lactones) is 1. The maximum Gasteiger partial charge on any atom is 0.334 e. The molecule has 0 unspecified atom stereocenters. The van der Waals surface area contributed by atoms with Crippen molar-refractivity contribution in [2.24, 2.45) is 23.2 Å². The van der Waals surface area contributed by atoms with E-state index in [9.17, 15) is 4.79 Å². The van der Waals surface area contributed by atoms with Gasteiger partial charge >= 0.3 is 5.97 Å². The number of ether oxygens (including phenoxy) is 3. The molecule has 2 saturated carbocycles. The first kappa shape index (κ1) is 14.3. The third-order valence-corrected chi connectivity index (χ3v) is 8.66. The van der Waals surface area contributed by atoms with Gasteiger partial charge in [0.05, 0.1) is 0 Å². The zero-order chi connectivity index (χ0) is 16.5. The normalized spacial score (nSPS) is 56.8. The first-order valence-electron chi connectivity index (χ1n) is 9.69. The maximum absolute atomic E-state index is 12.0. The van der Waals surface area contributed by atoms with Crippen molar-refractivity contribution in [2.75, 3.05) is 6.61 Å². The van der Waals surface area contributed by atoms with Crippen molar-refractivity contribution in [1.29, 1.82) is 0 Å². The zero-order valence-corrected chi connectivity index (χ0v) is 14.8. The molecule has 2 saturated heterocycles. The molecule has 24 heavy (non-hydrogen) atoms. The third kappa shape index (κ3) is 1.30. The van der Waals surface area contributed by atoms with E-state index in [-0.39, 0.29) is 28.7 Å². The molecule has 4 heteroatoms. The molecular weight excluding hydrogens is 304 g/mol. The van der Waals surface area contributed by atoms with E-state index in [0.29, 0.717) is 30.5 Å². The summed E-state index contributed by atoms with van der Waals surface area (Å²) in [7, 11) is 0. The van der Waals surface area contributed by atoms with Gasteiger partial charge in [-0.3, -0.25) is 0 Å².